The van der Waals surface area contributed by atoms with Crippen LogP contribution in [-0.4, -0.2) is 33.8 Å². The van der Waals surface area contributed by atoms with Gasteiger partial charge in [0, 0.05) is 20.1 Å². The fourth-order valence-corrected chi connectivity index (χ4v) is 1.38. The number of aryl methyl sites for hydroxylation is 1. The molecule has 1 rings (SSSR count). The maximum atomic E-state index is 4.50. The number of hydrogen-bond donors (Lipinski definition) is 2. The van der Waals surface area contributed by atoms with Crippen molar-refractivity contribution in [2.45, 2.75) is 34.2 Å². The molecule has 1 aromatic heterocycles. The third-order valence-corrected chi connectivity index (χ3v) is 2.58. The summed E-state index contributed by atoms with van der Waals surface area (Å²) in [6.45, 7) is 10.6. The first-order chi connectivity index (χ1) is 8.54. The molecule has 6 nitrogen and oxygen atoms in total. The highest BCUT2D eigenvalue weighted by atomic mass is 15.3. The lowest BCUT2D eigenvalue weighted by Crippen LogP contribution is -2.39. The average Bonchev–Trinajstić information content (AvgIpc) is 2.64. The van der Waals surface area contributed by atoms with Crippen molar-refractivity contribution in [2.24, 2.45) is 18.0 Å². The third-order valence-electron chi connectivity index (χ3n) is 2.58. The first-order valence-electron chi connectivity index (χ1n) is 6.41. The summed E-state index contributed by atoms with van der Waals surface area (Å²) in [5.41, 5.74) is 0. The van der Waals surface area contributed by atoms with E-state index in [-0.39, 0.29) is 0 Å². The lowest BCUT2D eigenvalue weighted by Gasteiger charge is -2.12. The van der Waals surface area contributed by atoms with Crippen LogP contribution in [-0.2, 0) is 13.6 Å². The summed E-state index contributed by atoms with van der Waals surface area (Å²) in [6, 6.07) is 0. The topological polar surface area (TPSA) is 67.1 Å². The highest BCUT2D eigenvalue weighted by Crippen LogP contribution is 1.99. The Morgan fingerprint density at radius 3 is 2.56 bits per heavy atom. The van der Waals surface area contributed by atoms with Crippen molar-refractivity contribution in [1.82, 2.24) is 25.4 Å². The van der Waals surface area contributed by atoms with Gasteiger partial charge in [-0.1, -0.05) is 13.8 Å². The minimum atomic E-state index is 0.533. The number of guanidine groups is 1. The fourth-order valence-electron chi connectivity index (χ4n) is 1.38. The van der Waals surface area contributed by atoms with Crippen molar-refractivity contribution >= 4 is 5.96 Å². The fraction of sp³-hybridized carbons (Fsp3) is 0.750. The molecule has 0 aliphatic carbocycles. The van der Waals surface area contributed by atoms with E-state index in [0.717, 1.165) is 30.7 Å². The summed E-state index contributed by atoms with van der Waals surface area (Å²) < 4.78 is 1.95. The van der Waals surface area contributed by atoms with Gasteiger partial charge in [-0.2, -0.15) is 0 Å². The van der Waals surface area contributed by atoms with Crippen LogP contribution in [0.3, 0.4) is 0 Å². The van der Waals surface area contributed by atoms with E-state index < -0.39 is 0 Å². The Kier molecular flexibility index (Phi) is 5.61. The van der Waals surface area contributed by atoms with Gasteiger partial charge in [0.25, 0.3) is 0 Å². The number of aromatic nitrogens is 3. The van der Waals surface area contributed by atoms with Crippen LogP contribution >= 0.6 is 0 Å². The zero-order valence-corrected chi connectivity index (χ0v) is 12.0. The van der Waals surface area contributed by atoms with E-state index in [2.05, 4.69) is 46.6 Å². The summed E-state index contributed by atoms with van der Waals surface area (Å²) in [5, 5.41) is 14.6. The molecular formula is C12H24N6. The number of rotatable bonds is 5. The van der Waals surface area contributed by atoms with Gasteiger partial charge in [0.05, 0.1) is 0 Å². The molecule has 1 heterocycles. The number of hydrogen-bond acceptors (Lipinski definition) is 3. The molecule has 0 aliphatic rings. The van der Waals surface area contributed by atoms with Gasteiger partial charge in [0.1, 0.15) is 12.4 Å². The first-order valence-corrected chi connectivity index (χ1v) is 6.41. The van der Waals surface area contributed by atoms with Gasteiger partial charge < -0.3 is 15.2 Å². The summed E-state index contributed by atoms with van der Waals surface area (Å²) in [5.74, 6) is 3.19. The first kappa shape index (κ1) is 14.5. The van der Waals surface area contributed by atoms with E-state index in [1.54, 1.807) is 0 Å². The molecule has 0 saturated carbocycles. The van der Waals surface area contributed by atoms with Gasteiger partial charge >= 0.3 is 0 Å². The second-order valence-corrected chi connectivity index (χ2v) is 4.69. The molecular weight excluding hydrogens is 228 g/mol. The molecule has 0 unspecified atom stereocenters. The van der Waals surface area contributed by atoms with Crippen molar-refractivity contribution in [1.29, 1.82) is 0 Å². The Bertz CT molecular complexity index is 393. The standard InChI is InChI=1S/C12H24N6/c1-6-13-12(14-7-9(2)3)15-8-11-17-16-10(4)18(11)5/h9H,6-8H2,1-5H3,(H2,13,14,15). The molecule has 2 N–H and O–H groups in total. The van der Waals surface area contributed by atoms with Gasteiger partial charge in [-0.3, -0.25) is 0 Å². The van der Waals surface area contributed by atoms with Crippen LogP contribution in [0.4, 0.5) is 0 Å². The van der Waals surface area contributed by atoms with Crippen molar-refractivity contribution in [2.75, 3.05) is 13.1 Å². The lowest BCUT2D eigenvalue weighted by molar-refractivity contribution is 0.614. The Hall–Kier alpha value is -1.59. The van der Waals surface area contributed by atoms with Crippen molar-refractivity contribution in [3.8, 4) is 0 Å². The molecule has 0 fully saturated rings. The van der Waals surface area contributed by atoms with Crippen molar-refractivity contribution < 1.29 is 0 Å². The smallest absolute Gasteiger partial charge is 0.191 e. The summed E-state index contributed by atoms with van der Waals surface area (Å²) in [7, 11) is 1.95. The summed E-state index contributed by atoms with van der Waals surface area (Å²) >= 11 is 0. The van der Waals surface area contributed by atoms with Crippen LogP contribution in [0, 0.1) is 12.8 Å². The summed E-state index contributed by atoms with van der Waals surface area (Å²) in [6.07, 6.45) is 0. The molecule has 0 aromatic carbocycles. The van der Waals surface area contributed by atoms with Crippen molar-refractivity contribution in [3.05, 3.63) is 11.6 Å². The second kappa shape index (κ2) is 6.98. The average molecular weight is 252 g/mol. The highest BCUT2D eigenvalue weighted by molar-refractivity contribution is 5.79. The van der Waals surface area contributed by atoms with Crippen LogP contribution in [0.2, 0.25) is 0 Å². The van der Waals surface area contributed by atoms with E-state index in [0.29, 0.717) is 12.5 Å². The second-order valence-electron chi connectivity index (χ2n) is 4.69. The van der Waals surface area contributed by atoms with Crippen LogP contribution in [0.25, 0.3) is 0 Å². The minimum Gasteiger partial charge on any atom is -0.357 e. The Labute approximate surface area is 109 Å². The maximum Gasteiger partial charge on any atom is 0.191 e. The van der Waals surface area contributed by atoms with Gasteiger partial charge in [-0.25, -0.2) is 4.99 Å². The summed E-state index contributed by atoms with van der Waals surface area (Å²) in [4.78, 5) is 4.50. The van der Waals surface area contributed by atoms with Crippen LogP contribution in [0.1, 0.15) is 32.4 Å². The number of nitrogens with one attached hydrogen (secondary N) is 2. The molecule has 0 amide bonds. The number of aliphatic imine (C=N–C) groups is 1. The van der Waals surface area contributed by atoms with E-state index in [9.17, 15) is 0 Å². The molecule has 0 saturated heterocycles. The van der Waals surface area contributed by atoms with E-state index in [1.807, 2.05) is 18.5 Å². The van der Waals surface area contributed by atoms with Gasteiger partial charge in [-0.15, -0.1) is 10.2 Å². The zero-order valence-electron chi connectivity index (χ0n) is 12.0. The largest absolute Gasteiger partial charge is 0.357 e. The van der Waals surface area contributed by atoms with Crippen LogP contribution in [0.15, 0.2) is 4.99 Å². The highest BCUT2D eigenvalue weighted by Gasteiger charge is 2.04. The van der Waals surface area contributed by atoms with Crippen molar-refractivity contribution in [3.63, 3.8) is 0 Å². The van der Waals surface area contributed by atoms with E-state index in [4.69, 9.17) is 0 Å². The van der Waals surface area contributed by atoms with E-state index >= 15 is 0 Å². The molecule has 0 atom stereocenters. The third kappa shape index (κ3) is 4.35. The lowest BCUT2D eigenvalue weighted by atomic mass is 10.2. The predicted molar refractivity (Wildman–Crippen MR) is 73.4 cm³/mol. The molecule has 1 aromatic rings. The van der Waals surface area contributed by atoms with E-state index in [1.165, 1.54) is 0 Å². The SMILES string of the molecule is CCNC(=NCc1nnc(C)n1C)NCC(C)C. The maximum absolute atomic E-state index is 4.50. The van der Waals surface area contributed by atoms with Gasteiger partial charge in [0.15, 0.2) is 11.8 Å². The monoisotopic (exact) mass is 252 g/mol. The van der Waals surface area contributed by atoms with Crippen LogP contribution < -0.4 is 10.6 Å². The molecule has 0 aliphatic heterocycles. The molecule has 0 bridgehead atoms. The Balaban J connectivity index is 2.62. The van der Waals surface area contributed by atoms with Gasteiger partial charge in [0.2, 0.25) is 0 Å². The molecule has 102 valence electrons. The molecule has 6 heteroatoms. The zero-order chi connectivity index (χ0) is 13.5. The van der Waals surface area contributed by atoms with Gasteiger partial charge in [-0.05, 0) is 19.8 Å². The minimum absolute atomic E-state index is 0.533. The predicted octanol–water partition coefficient (Wildman–Crippen LogP) is 0.835. The molecule has 0 spiro atoms. The number of nitrogens with zero attached hydrogens (tertiary/aromatic N) is 4. The van der Waals surface area contributed by atoms with Crippen LogP contribution in [0.5, 0.6) is 0 Å². The quantitative estimate of drug-likeness (QED) is 0.602. The molecule has 18 heavy (non-hydrogen) atoms. The molecule has 0 radical (unpaired) electrons. The Morgan fingerprint density at radius 2 is 2.06 bits per heavy atom. The normalized spacial score (nSPS) is 12.0. The Morgan fingerprint density at radius 1 is 1.33 bits per heavy atom.